The van der Waals surface area contributed by atoms with E-state index < -0.39 is 23.8 Å². The Kier molecular flexibility index (Phi) is 4.14. The first-order chi connectivity index (χ1) is 11.0. The Hall–Kier alpha value is -2.64. The highest BCUT2D eigenvalue weighted by Crippen LogP contribution is 2.30. The van der Waals surface area contributed by atoms with Crippen molar-refractivity contribution in [1.29, 1.82) is 0 Å². The molecule has 0 atom stereocenters. The normalized spacial score (nSPS) is 13.9. The van der Waals surface area contributed by atoms with Crippen LogP contribution in [0.4, 0.5) is 24.5 Å². The summed E-state index contributed by atoms with van der Waals surface area (Å²) in [6.45, 7) is 0. The summed E-state index contributed by atoms with van der Waals surface area (Å²) in [5, 5.41) is 12.3. The van der Waals surface area contributed by atoms with Crippen LogP contribution in [-0.2, 0) is 0 Å². The second-order valence-corrected chi connectivity index (χ2v) is 5.23. The molecule has 0 saturated heterocycles. The van der Waals surface area contributed by atoms with E-state index in [-0.39, 0.29) is 11.6 Å². The molecule has 1 aliphatic rings. The number of nitrogens with zero attached hydrogens (tertiary/aromatic N) is 2. The average molecular weight is 322 g/mol. The van der Waals surface area contributed by atoms with Gasteiger partial charge in [-0.15, -0.1) is 5.10 Å². The molecule has 8 heteroatoms. The summed E-state index contributed by atoms with van der Waals surface area (Å²) in [5.41, 5.74) is 0.209. The van der Waals surface area contributed by atoms with E-state index in [2.05, 4.69) is 20.8 Å². The van der Waals surface area contributed by atoms with Crippen molar-refractivity contribution in [2.45, 2.75) is 25.3 Å². The number of rotatable bonds is 5. The van der Waals surface area contributed by atoms with Crippen LogP contribution < -0.4 is 10.6 Å². The number of hydrogen-bond donors (Lipinski definition) is 2. The third-order valence-electron chi connectivity index (χ3n) is 3.33. The zero-order valence-electron chi connectivity index (χ0n) is 11.9. The molecule has 1 fully saturated rings. The molecule has 23 heavy (non-hydrogen) atoms. The number of carbonyl (C=O) groups is 1. The summed E-state index contributed by atoms with van der Waals surface area (Å²) < 4.78 is 38.6. The molecule has 1 amide bonds. The topological polar surface area (TPSA) is 66.9 Å². The first-order valence-corrected chi connectivity index (χ1v) is 7.01. The maximum Gasteiger partial charge on any atom is 0.282 e. The van der Waals surface area contributed by atoms with Crippen LogP contribution in [0.3, 0.4) is 0 Å². The van der Waals surface area contributed by atoms with Crippen LogP contribution in [0.5, 0.6) is 0 Å². The van der Waals surface area contributed by atoms with Crippen molar-refractivity contribution >= 4 is 17.3 Å². The number of carbonyl (C=O) groups excluding carboxylic acids is 1. The molecule has 0 spiro atoms. The SMILES string of the molecule is O=C(Nc1ccc(F)cc1NC1CC1)c1cnnc(C(F)F)c1. The number of halogens is 3. The quantitative estimate of drug-likeness (QED) is 0.885. The van der Waals surface area contributed by atoms with Crippen LogP contribution >= 0.6 is 0 Å². The van der Waals surface area contributed by atoms with Crippen LogP contribution in [0.1, 0.15) is 35.3 Å². The molecule has 1 saturated carbocycles. The van der Waals surface area contributed by atoms with Gasteiger partial charge in [-0.05, 0) is 37.1 Å². The summed E-state index contributed by atoms with van der Waals surface area (Å²) >= 11 is 0. The number of aromatic nitrogens is 2. The minimum absolute atomic E-state index is 0.0444. The van der Waals surface area contributed by atoms with Crippen LogP contribution in [0, 0.1) is 5.82 Å². The van der Waals surface area contributed by atoms with Crippen molar-refractivity contribution < 1.29 is 18.0 Å². The maximum atomic E-state index is 13.4. The summed E-state index contributed by atoms with van der Waals surface area (Å²) in [6, 6.07) is 5.15. The molecule has 2 aromatic rings. The molecule has 0 bridgehead atoms. The largest absolute Gasteiger partial charge is 0.381 e. The predicted molar refractivity (Wildman–Crippen MR) is 78.0 cm³/mol. The Bertz CT molecular complexity index is 734. The van der Waals surface area contributed by atoms with Gasteiger partial charge in [0.2, 0.25) is 0 Å². The highest BCUT2D eigenvalue weighted by molar-refractivity contribution is 6.05. The fourth-order valence-corrected chi connectivity index (χ4v) is 2.00. The van der Waals surface area contributed by atoms with Crippen LogP contribution in [-0.4, -0.2) is 22.1 Å². The van der Waals surface area contributed by atoms with Gasteiger partial charge in [-0.2, -0.15) is 5.10 Å². The van der Waals surface area contributed by atoms with E-state index in [1.165, 1.54) is 18.2 Å². The second-order valence-electron chi connectivity index (χ2n) is 5.23. The van der Waals surface area contributed by atoms with Crippen molar-refractivity contribution in [2.75, 3.05) is 10.6 Å². The van der Waals surface area contributed by atoms with Crippen LogP contribution in [0.2, 0.25) is 0 Å². The molecule has 1 aromatic carbocycles. The van der Waals surface area contributed by atoms with Crippen LogP contribution in [0.15, 0.2) is 30.5 Å². The minimum atomic E-state index is -2.81. The monoisotopic (exact) mass is 322 g/mol. The fraction of sp³-hybridized carbons (Fsp3) is 0.267. The Labute approximate surface area is 129 Å². The van der Waals surface area contributed by atoms with Gasteiger partial charge in [0, 0.05) is 6.04 Å². The second kappa shape index (κ2) is 6.23. The molecule has 1 heterocycles. The first-order valence-electron chi connectivity index (χ1n) is 7.01. The van der Waals surface area contributed by atoms with Gasteiger partial charge in [-0.3, -0.25) is 4.79 Å². The average Bonchev–Trinajstić information content (AvgIpc) is 3.34. The van der Waals surface area contributed by atoms with Crippen LogP contribution in [0.25, 0.3) is 0 Å². The maximum absolute atomic E-state index is 13.4. The van der Waals surface area contributed by atoms with E-state index in [4.69, 9.17) is 0 Å². The molecule has 3 rings (SSSR count). The smallest absolute Gasteiger partial charge is 0.282 e. The lowest BCUT2D eigenvalue weighted by atomic mass is 10.2. The lowest BCUT2D eigenvalue weighted by Gasteiger charge is -2.13. The Morgan fingerprint density at radius 2 is 2.00 bits per heavy atom. The number of benzene rings is 1. The number of anilines is 2. The molecule has 0 aliphatic heterocycles. The third-order valence-corrected chi connectivity index (χ3v) is 3.33. The van der Waals surface area contributed by atoms with E-state index in [1.54, 1.807) is 0 Å². The predicted octanol–water partition coefficient (Wildman–Crippen LogP) is 3.38. The number of amides is 1. The van der Waals surface area contributed by atoms with E-state index in [0.717, 1.165) is 25.1 Å². The van der Waals surface area contributed by atoms with Gasteiger partial charge in [0.05, 0.1) is 23.1 Å². The van der Waals surface area contributed by atoms with Gasteiger partial charge >= 0.3 is 0 Å². The molecular weight excluding hydrogens is 309 g/mol. The van der Waals surface area contributed by atoms with Gasteiger partial charge in [0.25, 0.3) is 12.3 Å². The zero-order valence-corrected chi connectivity index (χ0v) is 11.9. The Morgan fingerprint density at radius 1 is 1.22 bits per heavy atom. The Morgan fingerprint density at radius 3 is 2.70 bits per heavy atom. The molecule has 120 valence electrons. The first kappa shape index (κ1) is 15.3. The Balaban J connectivity index is 1.81. The molecule has 1 aliphatic carbocycles. The third kappa shape index (κ3) is 3.77. The molecule has 0 radical (unpaired) electrons. The van der Waals surface area contributed by atoms with Gasteiger partial charge < -0.3 is 10.6 Å². The minimum Gasteiger partial charge on any atom is -0.381 e. The summed E-state index contributed by atoms with van der Waals surface area (Å²) in [5.74, 6) is -1.05. The molecule has 5 nitrogen and oxygen atoms in total. The van der Waals surface area contributed by atoms with Crippen molar-refractivity contribution in [3.05, 3.63) is 47.5 Å². The summed E-state index contributed by atoms with van der Waals surface area (Å²) in [4.78, 5) is 12.2. The fourth-order valence-electron chi connectivity index (χ4n) is 2.00. The summed E-state index contributed by atoms with van der Waals surface area (Å²) in [6.07, 6.45) is 0.248. The van der Waals surface area contributed by atoms with E-state index in [1.807, 2.05) is 0 Å². The van der Waals surface area contributed by atoms with E-state index in [9.17, 15) is 18.0 Å². The number of alkyl halides is 2. The molecule has 1 aromatic heterocycles. The lowest BCUT2D eigenvalue weighted by Crippen LogP contribution is -2.15. The molecular formula is C15H13F3N4O. The highest BCUT2D eigenvalue weighted by Gasteiger charge is 2.23. The molecule has 0 unspecified atom stereocenters. The number of nitrogens with one attached hydrogen (secondary N) is 2. The van der Waals surface area contributed by atoms with Crippen molar-refractivity contribution in [3.8, 4) is 0 Å². The van der Waals surface area contributed by atoms with Crippen molar-refractivity contribution in [3.63, 3.8) is 0 Å². The van der Waals surface area contributed by atoms with Crippen molar-refractivity contribution in [2.24, 2.45) is 0 Å². The van der Waals surface area contributed by atoms with E-state index >= 15 is 0 Å². The lowest BCUT2D eigenvalue weighted by molar-refractivity contribution is 0.102. The van der Waals surface area contributed by atoms with Gasteiger partial charge in [-0.1, -0.05) is 0 Å². The van der Waals surface area contributed by atoms with Gasteiger partial charge in [0.15, 0.2) is 0 Å². The number of hydrogen-bond acceptors (Lipinski definition) is 4. The highest BCUT2D eigenvalue weighted by atomic mass is 19.3. The summed E-state index contributed by atoms with van der Waals surface area (Å²) in [7, 11) is 0. The standard InChI is InChI=1S/C15H13F3N4O/c16-9-1-4-11(12(6-9)20-10-2-3-10)21-15(23)8-5-13(14(17)18)22-19-7-8/h1,4-7,10,14,20H,2-3H2,(H,21,23). The van der Waals surface area contributed by atoms with Gasteiger partial charge in [-0.25, -0.2) is 13.2 Å². The van der Waals surface area contributed by atoms with E-state index in [0.29, 0.717) is 11.4 Å². The van der Waals surface area contributed by atoms with Crippen molar-refractivity contribution in [1.82, 2.24) is 10.2 Å². The zero-order chi connectivity index (χ0) is 16.4. The molecule has 2 N–H and O–H groups in total. The van der Waals surface area contributed by atoms with Gasteiger partial charge in [0.1, 0.15) is 11.5 Å².